The largest absolute Gasteiger partial charge is 0.348 e. The minimum Gasteiger partial charge on any atom is -0.348 e. The molecule has 2 aromatic heterocycles. The molecule has 0 atom stereocenters. The van der Waals surface area contributed by atoms with Crippen molar-refractivity contribution in [3.63, 3.8) is 0 Å². The normalized spacial score (nSPS) is 14.9. The van der Waals surface area contributed by atoms with Crippen LogP contribution in [0.4, 0.5) is 5.82 Å². The van der Waals surface area contributed by atoms with Crippen LogP contribution < -0.4 is 10.6 Å². The molecule has 3 heterocycles. The fourth-order valence-electron chi connectivity index (χ4n) is 3.62. The molecule has 3 aromatic rings. The summed E-state index contributed by atoms with van der Waals surface area (Å²) in [5.41, 5.74) is 1.96. The molecule has 2 N–H and O–H groups in total. The van der Waals surface area contributed by atoms with Gasteiger partial charge in [0.2, 0.25) is 0 Å². The highest BCUT2D eigenvalue weighted by Crippen LogP contribution is 2.21. The average Bonchev–Trinajstić information content (AvgIpc) is 3.20. The summed E-state index contributed by atoms with van der Waals surface area (Å²) in [5, 5.41) is 7.90. The van der Waals surface area contributed by atoms with Crippen molar-refractivity contribution in [2.75, 3.05) is 18.4 Å². The van der Waals surface area contributed by atoms with Gasteiger partial charge in [0.05, 0.1) is 0 Å². The van der Waals surface area contributed by atoms with E-state index in [1.54, 1.807) is 35.6 Å². The van der Waals surface area contributed by atoms with E-state index in [1.165, 1.54) is 22.8 Å². The third-order valence-electron chi connectivity index (χ3n) is 5.44. The summed E-state index contributed by atoms with van der Waals surface area (Å²) in [5.74, 6) is -0.476. The Hall–Kier alpha value is -3.10. The van der Waals surface area contributed by atoms with E-state index in [1.807, 2.05) is 6.07 Å². The second-order valence-electron chi connectivity index (χ2n) is 7.62. The van der Waals surface area contributed by atoms with Gasteiger partial charge in [-0.1, -0.05) is 18.2 Å². The van der Waals surface area contributed by atoms with Crippen LogP contribution in [0.25, 0.3) is 0 Å². The molecule has 1 aliphatic rings. The molecule has 1 fully saturated rings. The number of hydrogen-bond acceptors (Lipinski definition) is 6. The quantitative estimate of drug-likeness (QED) is 0.619. The van der Waals surface area contributed by atoms with Gasteiger partial charge in [-0.2, -0.15) is 0 Å². The number of benzene rings is 1. The summed E-state index contributed by atoms with van der Waals surface area (Å²) >= 11 is 1.80. The number of anilines is 1. The van der Waals surface area contributed by atoms with Gasteiger partial charge in [0.25, 0.3) is 11.8 Å². The van der Waals surface area contributed by atoms with E-state index in [0.29, 0.717) is 5.56 Å². The zero-order valence-electron chi connectivity index (χ0n) is 17.4. The lowest BCUT2D eigenvalue weighted by atomic mass is 10.0. The van der Waals surface area contributed by atoms with E-state index < -0.39 is 0 Å². The molecule has 7 nitrogen and oxygen atoms in total. The molecule has 0 saturated carbocycles. The van der Waals surface area contributed by atoms with Crippen molar-refractivity contribution >= 4 is 29.0 Å². The molecule has 2 amide bonds. The molecule has 1 aliphatic heterocycles. The Bertz CT molecular complexity index is 1040. The van der Waals surface area contributed by atoms with Crippen molar-refractivity contribution < 1.29 is 9.59 Å². The minimum absolute atomic E-state index is 0.0767. The first-order valence-corrected chi connectivity index (χ1v) is 11.2. The summed E-state index contributed by atoms with van der Waals surface area (Å²) in [7, 11) is 0. The van der Waals surface area contributed by atoms with Crippen molar-refractivity contribution in [3.05, 3.63) is 75.9 Å². The van der Waals surface area contributed by atoms with E-state index in [-0.39, 0.29) is 29.4 Å². The fraction of sp³-hybridized carbons (Fsp3) is 0.304. The molecule has 0 spiro atoms. The Kier molecular flexibility index (Phi) is 6.69. The number of carbonyl (C=O) groups excluding carboxylic acids is 2. The summed E-state index contributed by atoms with van der Waals surface area (Å²) in [4.78, 5) is 37.5. The van der Waals surface area contributed by atoms with Crippen LogP contribution in [0.15, 0.2) is 54.2 Å². The van der Waals surface area contributed by atoms with Gasteiger partial charge in [0.15, 0.2) is 11.5 Å². The number of nitrogens with zero attached hydrogens (tertiary/aromatic N) is 3. The highest BCUT2D eigenvalue weighted by atomic mass is 32.1. The SMILES string of the molecule is Cc1ccsc1CN1CCC(NC(=O)c2nccnc2NC(=O)c2ccccc2)CC1. The predicted molar refractivity (Wildman–Crippen MR) is 121 cm³/mol. The second kappa shape index (κ2) is 9.80. The van der Waals surface area contributed by atoms with Crippen molar-refractivity contribution in [2.24, 2.45) is 0 Å². The number of likely N-dealkylation sites (tertiary alicyclic amines) is 1. The number of carbonyl (C=O) groups is 2. The van der Waals surface area contributed by atoms with Gasteiger partial charge in [-0.3, -0.25) is 14.5 Å². The molecule has 1 saturated heterocycles. The first-order chi connectivity index (χ1) is 15.1. The molecule has 8 heteroatoms. The fourth-order valence-corrected chi connectivity index (χ4v) is 4.57. The van der Waals surface area contributed by atoms with Gasteiger partial charge in [-0.25, -0.2) is 9.97 Å². The molecular formula is C23H25N5O2S. The maximum atomic E-state index is 12.9. The van der Waals surface area contributed by atoms with Crippen molar-refractivity contribution in [1.29, 1.82) is 0 Å². The van der Waals surface area contributed by atoms with Gasteiger partial charge in [-0.05, 0) is 48.9 Å². The van der Waals surface area contributed by atoms with Crippen LogP contribution in [0, 0.1) is 6.92 Å². The van der Waals surface area contributed by atoms with Crippen LogP contribution in [0.3, 0.4) is 0 Å². The van der Waals surface area contributed by atoms with Gasteiger partial charge in [0.1, 0.15) is 0 Å². The Balaban J connectivity index is 1.34. The highest BCUT2D eigenvalue weighted by Gasteiger charge is 2.24. The van der Waals surface area contributed by atoms with Crippen LogP contribution in [0.5, 0.6) is 0 Å². The number of piperidine rings is 1. The Morgan fingerprint density at radius 1 is 1.06 bits per heavy atom. The second-order valence-corrected chi connectivity index (χ2v) is 8.63. The van der Waals surface area contributed by atoms with Gasteiger partial charge < -0.3 is 10.6 Å². The van der Waals surface area contributed by atoms with Crippen molar-refractivity contribution in [3.8, 4) is 0 Å². The summed E-state index contributed by atoms with van der Waals surface area (Å²) in [6.45, 7) is 4.97. The summed E-state index contributed by atoms with van der Waals surface area (Å²) in [6, 6.07) is 11.0. The molecule has 0 unspecified atom stereocenters. The monoisotopic (exact) mass is 435 g/mol. The third kappa shape index (κ3) is 5.34. The molecule has 1 aromatic carbocycles. The van der Waals surface area contributed by atoms with Crippen LogP contribution >= 0.6 is 11.3 Å². The lowest BCUT2D eigenvalue weighted by Gasteiger charge is -2.32. The lowest BCUT2D eigenvalue weighted by Crippen LogP contribution is -2.44. The van der Waals surface area contributed by atoms with E-state index in [0.717, 1.165) is 32.5 Å². The smallest absolute Gasteiger partial charge is 0.273 e. The zero-order chi connectivity index (χ0) is 21.6. The number of nitrogens with one attached hydrogen (secondary N) is 2. The van der Waals surface area contributed by atoms with Crippen molar-refractivity contribution in [2.45, 2.75) is 32.4 Å². The molecule has 0 bridgehead atoms. The number of hydrogen-bond donors (Lipinski definition) is 2. The number of rotatable bonds is 6. The molecule has 4 rings (SSSR count). The van der Waals surface area contributed by atoms with Gasteiger partial charge in [0, 0.05) is 48.5 Å². The highest BCUT2D eigenvalue weighted by molar-refractivity contribution is 7.10. The number of aromatic nitrogens is 2. The van der Waals surface area contributed by atoms with Gasteiger partial charge in [-0.15, -0.1) is 11.3 Å². The predicted octanol–water partition coefficient (Wildman–Crippen LogP) is 3.49. The van der Waals surface area contributed by atoms with E-state index in [4.69, 9.17) is 0 Å². The maximum absolute atomic E-state index is 12.9. The number of thiophene rings is 1. The van der Waals surface area contributed by atoms with Crippen LogP contribution in [-0.4, -0.2) is 45.8 Å². The molecular weight excluding hydrogens is 410 g/mol. The van der Waals surface area contributed by atoms with E-state index in [2.05, 4.69) is 43.9 Å². The third-order valence-corrected chi connectivity index (χ3v) is 6.45. The molecule has 31 heavy (non-hydrogen) atoms. The first kappa shape index (κ1) is 21.1. The maximum Gasteiger partial charge on any atom is 0.273 e. The Morgan fingerprint density at radius 2 is 1.81 bits per heavy atom. The lowest BCUT2D eigenvalue weighted by molar-refractivity contribution is 0.0905. The summed E-state index contributed by atoms with van der Waals surface area (Å²) in [6.07, 6.45) is 4.67. The van der Waals surface area contributed by atoms with Crippen LogP contribution in [0.2, 0.25) is 0 Å². The Labute approximate surface area is 185 Å². The van der Waals surface area contributed by atoms with Crippen molar-refractivity contribution in [1.82, 2.24) is 20.2 Å². The van der Waals surface area contributed by atoms with Gasteiger partial charge >= 0.3 is 0 Å². The number of amides is 2. The number of aryl methyl sites for hydroxylation is 1. The topological polar surface area (TPSA) is 87.2 Å². The molecule has 160 valence electrons. The van der Waals surface area contributed by atoms with E-state index >= 15 is 0 Å². The molecule has 0 aliphatic carbocycles. The Morgan fingerprint density at radius 3 is 2.52 bits per heavy atom. The minimum atomic E-state index is -0.327. The zero-order valence-corrected chi connectivity index (χ0v) is 18.2. The van der Waals surface area contributed by atoms with Crippen LogP contribution in [-0.2, 0) is 6.54 Å². The average molecular weight is 436 g/mol. The van der Waals surface area contributed by atoms with E-state index in [9.17, 15) is 9.59 Å². The standard InChI is InChI=1S/C23H25N5O2S/c1-16-9-14-31-19(16)15-28-12-7-18(8-13-28)26-23(30)20-21(25-11-10-24-20)27-22(29)17-5-3-2-4-6-17/h2-6,9-11,14,18H,7-8,12-13,15H2,1H3,(H,26,30)(H,25,27,29). The van der Waals surface area contributed by atoms with Crippen LogP contribution in [0.1, 0.15) is 44.1 Å². The first-order valence-electron chi connectivity index (χ1n) is 10.3. The molecule has 0 radical (unpaired) electrons. The summed E-state index contributed by atoms with van der Waals surface area (Å²) < 4.78 is 0.